The van der Waals surface area contributed by atoms with Crippen LogP contribution in [0.25, 0.3) is 0 Å². The van der Waals surface area contributed by atoms with Crippen molar-refractivity contribution in [2.24, 2.45) is 5.92 Å². The molecule has 1 heterocycles. The van der Waals surface area contributed by atoms with E-state index < -0.39 is 5.97 Å². The molecule has 1 aliphatic rings. The third-order valence-corrected chi connectivity index (χ3v) is 4.29. The molecule has 0 aliphatic heterocycles. The highest BCUT2D eigenvalue weighted by Crippen LogP contribution is 2.33. The molecule has 0 saturated heterocycles. The Kier molecular flexibility index (Phi) is 5.11. The molecule has 1 N–H and O–H groups in total. The van der Waals surface area contributed by atoms with Crippen molar-refractivity contribution >= 4 is 28.2 Å². The van der Waals surface area contributed by atoms with Gasteiger partial charge in [0, 0.05) is 13.5 Å². The van der Waals surface area contributed by atoms with Crippen molar-refractivity contribution in [3.8, 4) is 0 Å². The van der Waals surface area contributed by atoms with Crippen molar-refractivity contribution in [1.29, 1.82) is 0 Å². The number of hydrogen-bond acceptors (Lipinski definition) is 6. The molecule has 20 heavy (non-hydrogen) atoms. The van der Waals surface area contributed by atoms with Crippen LogP contribution in [0, 0.1) is 5.92 Å². The van der Waals surface area contributed by atoms with Gasteiger partial charge in [-0.2, -0.15) is 0 Å². The van der Waals surface area contributed by atoms with Crippen molar-refractivity contribution in [2.75, 3.05) is 18.5 Å². The minimum Gasteiger partial charge on any atom is -0.461 e. The van der Waals surface area contributed by atoms with Crippen LogP contribution in [0.1, 0.15) is 59.7 Å². The van der Waals surface area contributed by atoms with Crippen LogP contribution in [0.5, 0.6) is 0 Å². The quantitative estimate of drug-likeness (QED) is 0.453. The lowest BCUT2D eigenvalue weighted by Gasteiger charge is -2.01. The Morgan fingerprint density at radius 2 is 2.20 bits per heavy atom. The van der Waals surface area contributed by atoms with Crippen LogP contribution in [-0.4, -0.2) is 29.9 Å². The molecule has 1 fully saturated rings. The Labute approximate surface area is 122 Å². The van der Waals surface area contributed by atoms with E-state index in [4.69, 9.17) is 4.74 Å². The Morgan fingerprint density at radius 1 is 1.45 bits per heavy atom. The molecular weight excluding hydrogens is 276 g/mol. The van der Waals surface area contributed by atoms with E-state index in [1.54, 1.807) is 6.92 Å². The number of carbonyl (C=O) groups is 2. The molecular formula is C14H20N2O3S. The first-order valence-electron chi connectivity index (χ1n) is 7.04. The van der Waals surface area contributed by atoms with Crippen LogP contribution in [-0.2, 0) is 4.74 Å². The van der Waals surface area contributed by atoms with Crippen molar-refractivity contribution in [2.45, 2.75) is 39.5 Å². The Hall–Kier alpha value is -1.43. The SMILES string of the molecule is CCOC(=O)c1nc(NCCCC2CC2)sc1C(C)=O. The number of ether oxygens (including phenoxy) is 1. The van der Waals surface area contributed by atoms with Gasteiger partial charge in [-0.05, 0) is 25.7 Å². The average molecular weight is 296 g/mol. The molecule has 0 aromatic carbocycles. The number of nitrogens with zero attached hydrogens (tertiary/aromatic N) is 1. The first kappa shape index (κ1) is 15.0. The van der Waals surface area contributed by atoms with Crippen molar-refractivity contribution in [3.05, 3.63) is 10.6 Å². The van der Waals surface area contributed by atoms with E-state index in [0.717, 1.165) is 18.9 Å². The predicted octanol–water partition coefficient (Wildman–Crippen LogP) is 3.12. The van der Waals surface area contributed by atoms with Crippen LogP contribution < -0.4 is 5.32 Å². The van der Waals surface area contributed by atoms with E-state index >= 15 is 0 Å². The van der Waals surface area contributed by atoms with E-state index in [9.17, 15) is 9.59 Å². The summed E-state index contributed by atoms with van der Waals surface area (Å²) in [6.45, 7) is 4.27. The van der Waals surface area contributed by atoms with Gasteiger partial charge in [-0.3, -0.25) is 4.79 Å². The second kappa shape index (κ2) is 6.83. The van der Waals surface area contributed by atoms with Crippen LogP contribution in [0.3, 0.4) is 0 Å². The summed E-state index contributed by atoms with van der Waals surface area (Å²) in [6, 6.07) is 0. The van der Waals surface area contributed by atoms with Gasteiger partial charge < -0.3 is 10.1 Å². The third-order valence-electron chi connectivity index (χ3n) is 3.18. The molecule has 0 radical (unpaired) electrons. The van der Waals surface area contributed by atoms with Gasteiger partial charge >= 0.3 is 5.97 Å². The lowest BCUT2D eigenvalue weighted by molar-refractivity contribution is 0.0517. The summed E-state index contributed by atoms with van der Waals surface area (Å²) in [6.07, 6.45) is 5.05. The zero-order valence-electron chi connectivity index (χ0n) is 11.9. The molecule has 0 unspecified atom stereocenters. The average Bonchev–Trinajstić information content (AvgIpc) is 3.12. The highest BCUT2D eigenvalue weighted by Gasteiger charge is 2.23. The smallest absolute Gasteiger partial charge is 0.358 e. The monoisotopic (exact) mass is 296 g/mol. The molecule has 1 aromatic rings. The summed E-state index contributed by atoms with van der Waals surface area (Å²) >= 11 is 1.22. The Balaban J connectivity index is 1.95. The van der Waals surface area contributed by atoms with Crippen molar-refractivity contribution < 1.29 is 14.3 Å². The van der Waals surface area contributed by atoms with Gasteiger partial charge in [0.05, 0.1) is 6.61 Å². The highest BCUT2D eigenvalue weighted by atomic mass is 32.1. The fourth-order valence-corrected chi connectivity index (χ4v) is 2.84. The normalized spacial score (nSPS) is 14.1. The number of ketones is 1. The molecule has 0 amide bonds. The lowest BCUT2D eigenvalue weighted by Crippen LogP contribution is -2.09. The Bertz CT molecular complexity index is 495. The van der Waals surface area contributed by atoms with E-state index in [1.165, 1.54) is 37.5 Å². The molecule has 0 atom stereocenters. The number of anilines is 1. The summed E-state index contributed by atoms with van der Waals surface area (Å²) in [5.41, 5.74) is 0.133. The number of hydrogen-bond donors (Lipinski definition) is 1. The zero-order valence-corrected chi connectivity index (χ0v) is 12.7. The first-order valence-corrected chi connectivity index (χ1v) is 7.86. The van der Waals surface area contributed by atoms with Crippen molar-refractivity contribution in [1.82, 2.24) is 4.98 Å². The van der Waals surface area contributed by atoms with E-state index in [0.29, 0.717) is 10.0 Å². The fourth-order valence-electron chi connectivity index (χ4n) is 1.96. The molecule has 5 nitrogen and oxygen atoms in total. The number of carbonyl (C=O) groups excluding carboxylic acids is 2. The number of thiazole rings is 1. The fraction of sp³-hybridized carbons (Fsp3) is 0.643. The summed E-state index contributed by atoms with van der Waals surface area (Å²) in [5, 5.41) is 3.81. The summed E-state index contributed by atoms with van der Waals surface area (Å²) in [4.78, 5) is 27.9. The maximum atomic E-state index is 11.8. The molecule has 0 bridgehead atoms. The molecule has 2 rings (SSSR count). The third kappa shape index (κ3) is 4.03. The number of Topliss-reactive ketones (excluding diaryl/α,β-unsaturated/α-hetero) is 1. The van der Waals surface area contributed by atoms with Gasteiger partial charge in [-0.25, -0.2) is 9.78 Å². The maximum absolute atomic E-state index is 11.8. The lowest BCUT2D eigenvalue weighted by atomic mass is 10.2. The summed E-state index contributed by atoms with van der Waals surface area (Å²) < 4.78 is 4.92. The molecule has 1 aromatic heterocycles. The van der Waals surface area contributed by atoms with Gasteiger partial charge in [0.15, 0.2) is 16.6 Å². The topological polar surface area (TPSA) is 68.3 Å². The van der Waals surface area contributed by atoms with Gasteiger partial charge in [0.1, 0.15) is 4.88 Å². The van der Waals surface area contributed by atoms with E-state index in [1.807, 2.05) is 0 Å². The number of nitrogens with one attached hydrogen (secondary N) is 1. The zero-order chi connectivity index (χ0) is 14.5. The van der Waals surface area contributed by atoms with Crippen LogP contribution in [0.4, 0.5) is 5.13 Å². The second-order valence-corrected chi connectivity index (χ2v) is 5.98. The van der Waals surface area contributed by atoms with E-state index in [-0.39, 0.29) is 18.1 Å². The molecule has 1 saturated carbocycles. The van der Waals surface area contributed by atoms with Gasteiger partial charge in [-0.1, -0.05) is 24.2 Å². The van der Waals surface area contributed by atoms with Crippen molar-refractivity contribution in [3.63, 3.8) is 0 Å². The minimum atomic E-state index is -0.528. The number of esters is 1. The van der Waals surface area contributed by atoms with Gasteiger partial charge in [-0.15, -0.1) is 0 Å². The van der Waals surface area contributed by atoms with E-state index in [2.05, 4.69) is 10.3 Å². The van der Waals surface area contributed by atoms with Crippen LogP contribution >= 0.6 is 11.3 Å². The largest absolute Gasteiger partial charge is 0.461 e. The molecule has 110 valence electrons. The Morgan fingerprint density at radius 3 is 2.80 bits per heavy atom. The van der Waals surface area contributed by atoms with Crippen LogP contribution in [0.15, 0.2) is 0 Å². The summed E-state index contributed by atoms with van der Waals surface area (Å²) in [5.74, 6) is 0.229. The van der Waals surface area contributed by atoms with Gasteiger partial charge in [0.2, 0.25) is 0 Å². The predicted molar refractivity (Wildman–Crippen MR) is 78.5 cm³/mol. The minimum absolute atomic E-state index is 0.133. The standard InChI is InChI=1S/C14H20N2O3S/c1-3-19-13(18)11-12(9(2)17)20-14(16-11)15-8-4-5-10-6-7-10/h10H,3-8H2,1-2H3,(H,15,16). The first-order chi connectivity index (χ1) is 9.61. The summed E-state index contributed by atoms with van der Waals surface area (Å²) in [7, 11) is 0. The molecule has 1 aliphatic carbocycles. The van der Waals surface area contributed by atoms with Crippen LogP contribution in [0.2, 0.25) is 0 Å². The highest BCUT2D eigenvalue weighted by molar-refractivity contribution is 7.17. The second-order valence-electron chi connectivity index (χ2n) is 4.99. The maximum Gasteiger partial charge on any atom is 0.358 e. The number of aromatic nitrogens is 1. The molecule has 0 spiro atoms. The molecule has 6 heteroatoms. The number of rotatable bonds is 8. The van der Waals surface area contributed by atoms with Gasteiger partial charge in [0.25, 0.3) is 0 Å².